The fourth-order valence-corrected chi connectivity index (χ4v) is 2.90. The SMILES string of the molecule is CN1CCN(C)C(C(O)CCCS(C)(=O)=O)C1. The van der Waals surface area contributed by atoms with E-state index in [-0.39, 0.29) is 11.8 Å². The van der Waals surface area contributed by atoms with E-state index in [2.05, 4.69) is 9.80 Å². The summed E-state index contributed by atoms with van der Waals surface area (Å²) in [4.78, 5) is 4.36. The van der Waals surface area contributed by atoms with Crippen LogP contribution in [0.4, 0.5) is 0 Å². The molecular formula is C11H24N2O3S. The molecule has 0 spiro atoms. The number of nitrogens with zero attached hydrogens (tertiary/aromatic N) is 2. The molecule has 0 amide bonds. The second kappa shape index (κ2) is 6.13. The number of hydrogen-bond acceptors (Lipinski definition) is 5. The minimum Gasteiger partial charge on any atom is -0.391 e. The van der Waals surface area contributed by atoms with Crippen LogP contribution in [-0.4, -0.2) is 81.2 Å². The Bertz CT molecular complexity index is 332. The first-order chi connectivity index (χ1) is 7.79. The zero-order valence-electron chi connectivity index (χ0n) is 11.0. The first-order valence-corrected chi connectivity index (χ1v) is 8.10. The minimum absolute atomic E-state index is 0.119. The van der Waals surface area contributed by atoms with Crippen molar-refractivity contribution in [3.63, 3.8) is 0 Å². The molecule has 0 aromatic heterocycles. The Labute approximate surface area is 104 Å². The fraction of sp³-hybridized carbons (Fsp3) is 1.00. The van der Waals surface area contributed by atoms with E-state index in [0.717, 1.165) is 19.6 Å². The predicted molar refractivity (Wildman–Crippen MR) is 68.9 cm³/mol. The van der Waals surface area contributed by atoms with Crippen molar-refractivity contribution in [1.82, 2.24) is 9.80 Å². The molecule has 0 bridgehead atoms. The second-order valence-electron chi connectivity index (χ2n) is 5.15. The van der Waals surface area contributed by atoms with Crippen molar-refractivity contribution in [3.8, 4) is 0 Å². The molecule has 0 aliphatic carbocycles. The highest BCUT2D eigenvalue weighted by molar-refractivity contribution is 7.90. The molecule has 5 nitrogen and oxygen atoms in total. The lowest BCUT2D eigenvalue weighted by Crippen LogP contribution is -2.55. The van der Waals surface area contributed by atoms with Gasteiger partial charge < -0.3 is 10.0 Å². The Morgan fingerprint density at radius 3 is 2.59 bits per heavy atom. The van der Waals surface area contributed by atoms with E-state index < -0.39 is 15.9 Å². The zero-order chi connectivity index (χ0) is 13.1. The van der Waals surface area contributed by atoms with Crippen LogP contribution >= 0.6 is 0 Å². The smallest absolute Gasteiger partial charge is 0.147 e. The molecule has 6 heteroatoms. The molecule has 1 rings (SSSR count). The number of likely N-dealkylation sites (N-methyl/N-ethyl adjacent to an activating group) is 2. The van der Waals surface area contributed by atoms with Gasteiger partial charge in [0.1, 0.15) is 9.84 Å². The highest BCUT2D eigenvalue weighted by atomic mass is 32.2. The largest absolute Gasteiger partial charge is 0.391 e. The first-order valence-electron chi connectivity index (χ1n) is 6.04. The lowest BCUT2D eigenvalue weighted by atomic mass is 10.0. The summed E-state index contributed by atoms with van der Waals surface area (Å²) in [6.45, 7) is 2.81. The summed E-state index contributed by atoms with van der Waals surface area (Å²) < 4.78 is 22.0. The molecule has 1 aliphatic rings. The molecule has 102 valence electrons. The molecule has 0 aromatic carbocycles. The van der Waals surface area contributed by atoms with Gasteiger partial charge in [0.25, 0.3) is 0 Å². The van der Waals surface area contributed by atoms with E-state index in [9.17, 15) is 13.5 Å². The highest BCUT2D eigenvalue weighted by Gasteiger charge is 2.28. The van der Waals surface area contributed by atoms with Gasteiger partial charge in [0.05, 0.1) is 6.10 Å². The number of aliphatic hydroxyl groups is 1. The number of aliphatic hydroxyl groups excluding tert-OH is 1. The summed E-state index contributed by atoms with van der Waals surface area (Å²) in [6, 6.07) is 0.119. The molecule has 0 saturated carbocycles. The van der Waals surface area contributed by atoms with Crippen molar-refractivity contribution < 1.29 is 13.5 Å². The Hall–Kier alpha value is -0.170. The maximum absolute atomic E-state index is 11.0. The molecule has 0 radical (unpaired) electrons. The average Bonchev–Trinajstić information content (AvgIpc) is 2.19. The first kappa shape index (κ1) is 14.9. The summed E-state index contributed by atoms with van der Waals surface area (Å²) in [5.41, 5.74) is 0. The van der Waals surface area contributed by atoms with Crippen LogP contribution in [-0.2, 0) is 9.84 Å². The van der Waals surface area contributed by atoms with Gasteiger partial charge in [0.15, 0.2) is 0 Å². The summed E-state index contributed by atoms with van der Waals surface area (Å²) in [6.07, 6.45) is 1.88. The predicted octanol–water partition coefficient (Wildman–Crippen LogP) is -0.582. The monoisotopic (exact) mass is 264 g/mol. The van der Waals surface area contributed by atoms with Gasteiger partial charge in [-0.1, -0.05) is 0 Å². The standard InChI is InChI=1S/C11H24N2O3S/c1-12-6-7-13(2)10(9-12)11(14)5-4-8-17(3,15)16/h10-11,14H,4-9H2,1-3H3. The Kier molecular flexibility index (Phi) is 5.37. The molecule has 1 saturated heterocycles. The fourth-order valence-electron chi connectivity index (χ4n) is 2.21. The van der Waals surface area contributed by atoms with Crippen molar-refractivity contribution in [1.29, 1.82) is 0 Å². The van der Waals surface area contributed by atoms with Crippen LogP contribution in [0.15, 0.2) is 0 Å². The second-order valence-corrected chi connectivity index (χ2v) is 7.41. The molecule has 1 heterocycles. The zero-order valence-corrected chi connectivity index (χ0v) is 11.8. The summed E-state index contributed by atoms with van der Waals surface area (Å²) >= 11 is 0. The van der Waals surface area contributed by atoms with E-state index in [0.29, 0.717) is 12.8 Å². The van der Waals surface area contributed by atoms with Gasteiger partial charge in [-0.25, -0.2) is 8.42 Å². The van der Waals surface area contributed by atoms with E-state index in [1.54, 1.807) is 0 Å². The van der Waals surface area contributed by atoms with E-state index >= 15 is 0 Å². The maximum atomic E-state index is 11.0. The van der Waals surface area contributed by atoms with Crippen molar-refractivity contribution in [3.05, 3.63) is 0 Å². The number of piperazine rings is 1. The highest BCUT2D eigenvalue weighted by Crippen LogP contribution is 2.14. The van der Waals surface area contributed by atoms with Gasteiger partial charge in [-0.2, -0.15) is 0 Å². The van der Waals surface area contributed by atoms with E-state index in [1.807, 2.05) is 14.1 Å². The van der Waals surface area contributed by atoms with Gasteiger partial charge in [-0.05, 0) is 26.9 Å². The van der Waals surface area contributed by atoms with Gasteiger partial charge in [-0.3, -0.25) is 4.90 Å². The van der Waals surface area contributed by atoms with Gasteiger partial charge in [-0.15, -0.1) is 0 Å². The van der Waals surface area contributed by atoms with Crippen LogP contribution in [0.3, 0.4) is 0 Å². The van der Waals surface area contributed by atoms with Crippen molar-refractivity contribution in [2.45, 2.75) is 25.0 Å². The third kappa shape index (κ3) is 5.33. The van der Waals surface area contributed by atoms with Crippen LogP contribution in [0.5, 0.6) is 0 Å². The van der Waals surface area contributed by atoms with Crippen LogP contribution in [0.2, 0.25) is 0 Å². The average molecular weight is 264 g/mol. The number of rotatable bonds is 5. The third-order valence-electron chi connectivity index (χ3n) is 3.36. The Balaban J connectivity index is 2.38. The summed E-state index contributed by atoms with van der Waals surface area (Å²) in [7, 11) is 1.15. The number of hydrogen-bond donors (Lipinski definition) is 1. The van der Waals surface area contributed by atoms with Crippen LogP contribution in [0.25, 0.3) is 0 Å². The van der Waals surface area contributed by atoms with Crippen LogP contribution in [0, 0.1) is 0 Å². The Morgan fingerprint density at radius 1 is 1.35 bits per heavy atom. The van der Waals surface area contributed by atoms with Crippen molar-refractivity contribution in [2.75, 3.05) is 45.7 Å². The van der Waals surface area contributed by atoms with Crippen LogP contribution < -0.4 is 0 Å². The quantitative estimate of drug-likeness (QED) is 0.720. The molecule has 0 aromatic rings. The van der Waals surface area contributed by atoms with Gasteiger partial charge in [0.2, 0.25) is 0 Å². The van der Waals surface area contributed by atoms with Gasteiger partial charge in [0, 0.05) is 37.7 Å². The molecule has 1 fully saturated rings. The van der Waals surface area contributed by atoms with Crippen molar-refractivity contribution >= 4 is 9.84 Å². The molecular weight excluding hydrogens is 240 g/mol. The lowest BCUT2D eigenvalue weighted by molar-refractivity contribution is 0.0107. The maximum Gasteiger partial charge on any atom is 0.147 e. The normalized spacial score (nSPS) is 26.0. The lowest BCUT2D eigenvalue weighted by Gasteiger charge is -2.40. The van der Waals surface area contributed by atoms with E-state index in [1.165, 1.54) is 6.26 Å². The summed E-state index contributed by atoms with van der Waals surface area (Å²) in [5, 5.41) is 10.1. The molecule has 1 aliphatic heterocycles. The Morgan fingerprint density at radius 2 is 2.00 bits per heavy atom. The van der Waals surface area contributed by atoms with E-state index in [4.69, 9.17) is 0 Å². The minimum atomic E-state index is -2.91. The molecule has 17 heavy (non-hydrogen) atoms. The van der Waals surface area contributed by atoms with Crippen LogP contribution in [0.1, 0.15) is 12.8 Å². The molecule has 1 N–H and O–H groups in total. The van der Waals surface area contributed by atoms with Crippen molar-refractivity contribution in [2.24, 2.45) is 0 Å². The topological polar surface area (TPSA) is 60.9 Å². The molecule has 2 unspecified atom stereocenters. The molecule has 2 atom stereocenters. The number of sulfone groups is 1. The van der Waals surface area contributed by atoms with Gasteiger partial charge >= 0.3 is 0 Å². The summed E-state index contributed by atoms with van der Waals surface area (Å²) in [5.74, 6) is 0.163. The third-order valence-corrected chi connectivity index (χ3v) is 4.39.